The Labute approximate surface area is 101 Å². The Hall–Kier alpha value is -1.15. The second-order valence-electron chi connectivity index (χ2n) is 3.71. The standard InChI is InChI=1S/C9H16N2O5S/c12-7(8(13)14)1-2-10-9(15)11-3-5-17(16)6-4-11/h7,12H,1-6H2,(H,10,15)(H,13,14)/t7-/m0/s1. The summed E-state index contributed by atoms with van der Waals surface area (Å²) in [6, 6.07) is -0.306. The van der Waals surface area contributed by atoms with Gasteiger partial charge in [0.05, 0.1) is 0 Å². The molecule has 1 atom stereocenters. The summed E-state index contributed by atoms with van der Waals surface area (Å²) >= 11 is 0. The minimum absolute atomic E-state index is 0.0269. The highest BCUT2D eigenvalue weighted by Gasteiger charge is 2.20. The van der Waals surface area contributed by atoms with Gasteiger partial charge in [0.15, 0.2) is 6.10 Å². The molecule has 1 heterocycles. The molecule has 1 aliphatic rings. The molecule has 2 amide bonds. The molecule has 8 heteroatoms. The summed E-state index contributed by atoms with van der Waals surface area (Å²) in [6.07, 6.45) is -1.48. The van der Waals surface area contributed by atoms with E-state index in [-0.39, 0.29) is 19.0 Å². The molecule has 98 valence electrons. The minimum atomic E-state index is -1.45. The Morgan fingerprint density at radius 1 is 1.35 bits per heavy atom. The number of amides is 2. The predicted octanol–water partition coefficient (Wildman–Crippen LogP) is -1.40. The van der Waals surface area contributed by atoms with Gasteiger partial charge in [-0.25, -0.2) is 9.59 Å². The van der Waals surface area contributed by atoms with Crippen molar-refractivity contribution in [2.24, 2.45) is 0 Å². The van der Waals surface area contributed by atoms with E-state index in [2.05, 4.69) is 5.32 Å². The number of nitrogens with zero attached hydrogens (tertiary/aromatic N) is 1. The largest absolute Gasteiger partial charge is 0.479 e. The molecule has 17 heavy (non-hydrogen) atoms. The SMILES string of the molecule is O=C(O)[C@@H](O)CCNC(=O)N1CCS(=O)CC1. The number of carboxylic acid groups (broad SMARTS) is 1. The van der Waals surface area contributed by atoms with Crippen molar-refractivity contribution in [3.05, 3.63) is 0 Å². The van der Waals surface area contributed by atoms with Crippen LogP contribution in [0.25, 0.3) is 0 Å². The topological polar surface area (TPSA) is 107 Å². The Bertz CT molecular complexity index is 313. The Morgan fingerprint density at radius 2 is 1.94 bits per heavy atom. The summed E-state index contributed by atoms with van der Waals surface area (Å²) in [4.78, 5) is 23.4. The van der Waals surface area contributed by atoms with Crippen molar-refractivity contribution >= 4 is 22.8 Å². The zero-order chi connectivity index (χ0) is 12.8. The summed E-state index contributed by atoms with van der Waals surface area (Å²) in [5, 5.41) is 19.9. The Kier molecular flexibility index (Phi) is 5.36. The number of urea groups is 1. The zero-order valence-corrected chi connectivity index (χ0v) is 10.1. The lowest BCUT2D eigenvalue weighted by Gasteiger charge is -2.26. The lowest BCUT2D eigenvalue weighted by Crippen LogP contribution is -2.47. The maximum atomic E-state index is 11.5. The highest BCUT2D eigenvalue weighted by Crippen LogP contribution is 2.00. The summed E-state index contributed by atoms with van der Waals surface area (Å²) < 4.78 is 11.1. The van der Waals surface area contributed by atoms with Crippen molar-refractivity contribution in [2.75, 3.05) is 31.1 Å². The van der Waals surface area contributed by atoms with Crippen LogP contribution in [0.15, 0.2) is 0 Å². The van der Waals surface area contributed by atoms with Crippen LogP contribution in [0.5, 0.6) is 0 Å². The second kappa shape index (κ2) is 6.55. The van der Waals surface area contributed by atoms with Crippen LogP contribution >= 0.6 is 0 Å². The van der Waals surface area contributed by atoms with Crippen LogP contribution in [0.4, 0.5) is 4.79 Å². The summed E-state index contributed by atoms with van der Waals surface area (Å²) in [5.74, 6) is -0.344. The molecular formula is C9H16N2O5S. The molecule has 1 rings (SSSR count). The number of aliphatic hydroxyl groups is 1. The third-order valence-electron chi connectivity index (χ3n) is 2.44. The van der Waals surface area contributed by atoms with E-state index in [0.717, 1.165) is 0 Å². The van der Waals surface area contributed by atoms with Crippen LogP contribution in [0.1, 0.15) is 6.42 Å². The van der Waals surface area contributed by atoms with Crippen molar-refractivity contribution in [3.63, 3.8) is 0 Å². The van der Waals surface area contributed by atoms with E-state index in [1.165, 1.54) is 4.90 Å². The fourth-order valence-corrected chi connectivity index (χ4v) is 2.44. The third kappa shape index (κ3) is 4.70. The molecule has 0 spiro atoms. The number of rotatable bonds is 4. The smallest absolute Gasteiger partial charge is 0.332 e. The van der Waals surface area contributed by atoms with Gasteiger partial charge in [-0.15, -0.1) is 0 Å². The van der Waals surface area contributed by atoms with Crippen LogP contribution in [0.3, 0.4) is 0 Å². The summed E-state index contributed by atoms with van der Waals surface area (Å²) in [6.45, 7) is 0.992. The highest BCUT2D eigenvalue weighted by atomic mass is 32.2. The van der Waals surface area contributed by atoms with E-state index in [9.17, 15) is 13.8 Å². The van der Waals surface area contributed by atoms with Gasteiger partial charge in [-0.1, -0.05) is 0 Å². The van der Waals surface area contributed by atoms with Crippen molar-refractivity contribution in [3.8, 4) is 0 Å². The van der Waals surface area contributed by atoms with E-state index in [1.54, 1.807) is 0 Å². The quantitative estimate of drug-likeness (QED) is 0.578. The number of aliphatic carboxylic acids is 1. The molecule has 1 saturated heterocycles. The summed E-state index contributed by atoms with van der Waals surface area (Å²) in [7, 11) is -0.836. The number of carbonyl (C=O) groups excluding carboxylic acids is 1. The van der Waals surface area contributed by atoms with E-state index in [4.69, 9.17) is 10.2 Å². The van der Waals surface area contributed by atoms with E-state index in [0.29, 0.717) is 24.6 Å². The molecule has 3 N–H and O–H groups in total. The first-order chi connectivity index (χ1) is 8.00. The van der Waals surface area contributed by atoms with Crippen molar-refractivity contribution < 1.29 is 24.0 Å². The molecular weight excluding hydrogens is 248 g/mol. The van der Waals surface area contributed by atoms with E-state index in [1.807, 2.05) is 0 Å². The van der Waals surface area contributed by atoms with Crippen LogP contribution in [-0.4, -0.2) is 68.6 Å². The van der Waals surface area contributed by atoms with Crippen LogP contribution in [-0.2, 0) is 15.6 Å². The first-order valence-electron chi connectivity index (χ1n) is 5.29. The molecule has 0 bridgehead atoms. The van der Waals surface area contributed by atoms with Gasteiger partial charge in [0.2, 0.25) is 0 Å². The van der Waals surface area contributed by atoms with Crippen LogP contribution in [0, 0.1) is 0 Å². The van der Waals surface area contributed by atoms with Gasteiger partial charge >= 0.3 is 12.0 Å². The number of aliphatic hydroxyl groups excluding tert-OH is 1. The monoisotopic (exact) mass is 264 g/mol. The number of nitrogens with one attached hydrogen (secondary N) is 1. The average Bonchev–Trinajstić information content (AvgIpc) is 2.29. The first kappa shape index (κ1) is 13.9. The average molecular weight is 264 g/mol. The predicted molar refractivity (Wildman–Crippen MR) is 61.1 cm³/mol. The fourth-order valence-electron chi connectivity index (χ4n) is 1.39. The fraction of sp³-hybridized carbons (Fsp3) is 0.778. The molecule has 0 aromatic rings. The molecule has 0 radical (unpaired) electrons. The highest BCUT2D eigenvalue weighted by molar-refractivity contribution is 7.85. The number of carbonyl (C=O) groups is 2. The minimum Gasteiger partial charge on any atom is -0.479 e. The van der Waals surface area contributed by atoms with Gasteiger partial charge in [0, 0.05) is 48.4 Å². The van der Waals surface area contributed by atoms with Gasteiger partial charge < -0.3 is 20.4 Å². The van der Waals surface area contributed by atoms with Crippen LogP contribution < -0.4 is 5.32 Å². The maximum Gasteiger partial charge on any atom is 0.332 e. The Balaban J connectivity index is 2.21. The van der Waals surface area contributed by atoms with Gasteiger partial charge in [-0.3, -0.25) is 4.21 Å². The molecule has 7 nitrogen and oxygen atoms in total. The summed E-state index contributed by atoms with van der Waals surface area (Å²) in [5.41, 5.74) is 0. The maximum absolute atomic E-state index is 11.5. The van der Waals surface area contributed by atoms with Gasteiger partial charge in [-0.2, -0.15) is 0 Å². The van der Waals surface area contributed by atoms with Gasteiger partial charge in [-0.05, 0) is 0 Å². The lowest BCUT2D eigenvalue weighted by molar-refractivity contribution is -0.146. The van der Waals surface area contributed by atoms with Crippen molar-refractivity contribution in [1.82, 2.24) is 10.2 Å². The molecule has 0 unspecified atom stereocenters. The van der Waals surface area contributed by atoms with Crippen molar-refractivity contribution in [2.45, 2.75) is 12.5 Å². The zero-order valence-electron chi connectivity index (χ0n) is 9.29. The second-order valence-corrected chi connectivity index (χ2v) is 5.41. The van der Waals surface area contributed by atoms with Crippen molar-refractivity contribution in [1.29, 1.82) is 0 Å². The molecule has 1 fully saturated rings. The van der Waals surface area contributed by atoms with E-state index < -0.39 is 22.9 Å². The van der Waals surface area contributed by atoms with Crippen LogP contribution in [0.2, 0.25) is 0 Å². The number of carboxylic acids is 1. The molecule has 0 aromatic carbocycles. The molecule has 1 aliphatic heterocycles. The molecule has 0 aromatic heterocycles. The molecule has 0 saturated carbocycles. The number of hydrogen-bond donors (Lipinski definition) is 3. The molecule has 0 aliphatic carbocycles. The number of hydrogen-bond acceptors (Lipinski definition) is 4. The first-order valence-corrected chi connectivity index (χ1v) is 6.78. The third-order valence-corrected chi connectivity index (χ3v) is 3.72. The van der Waals surface area contributed by atoms with Gasteiger partial charge in [0.1, 0.15) is 0 Å². The normalized spacial score (nSPS) is 18.8. The van der Waals surface area contributed by atoms with Gasteiger partial charge in [0.25, 0.3) is 0 Å². The lowest BCUT2D eigenvalue weighted by atomic mass is 10.2. The Morgan fingerprint density at radius 3 is 2.47 bits per heavy atom. The van der Waals surface area contributed by atoms with E-state index >= 15 is 0 Å².